The molecule has 0 bridgehead atoms. The second-order valence-corrected chi connectivity index (χ2v) is 5.04. The van der Waals surface area contributed by atoms with Crippen molar-refractivity contribution in [2.45, 2.75) is 26.1 Å². The monoisotopic (exact) mass is 309 g/mol. The standard InChI is InChI=1S/C15H23N3O4/c1-10(2)22-12-5-3-11(4-6-12)13(19)8-17-15(21)9-18-14(20)7-16/h3-6,10,13,19H,7-9,16H2,1-2H3,(H,17,21)(H,18,20). The average Bonchev–Trinajstić information content (AvgIpc) is 2.50. The van der Waals surface area contributed by atoms with Gasteiger partial charge in [-0.1, -0.05) is 12.1 Å². The third-order valence-electron chi connectivity index (χ3n) is 2.76. The van der Waals surface area contributed by atoms with Crippen molar-refractivity contribution < 1.29 is 19.4 Å². The Labute approximate surface area is 129 Å². The van der Waals surface area contributed by atoms with Gasteiger partial charge in [0.25, 0.3) is 0 Å². The molecule has 0 saturated heterocycles. The van der Waals surface area contributed by atoms with Crippen LogP contribution in [-0.2, 0) is 9.59 Å². The molecule has 122 valence electrons. The number of hydrogen-bond acceptors (Lipinski definition) is 5. The Morgan fingerprint density at radius 1 is 1.18 bits per heavy atom. The molecule has 0 fully saturated rings. The maximum atomic E-state index is 11.5. The Hall–Kier alpha value is -2.12. The van der Waals surface area contributed by atoms with Crippen molar-refractivity contribution in [2.24, 2.45) is 5.73 Å². The quantitative estimate of drug-likeness (QED) is 0.526. The van der Waals surface area contributed by atoms with Gasteiger partial charge >= 0.3 is 0 Å². The minimum absolute atomic E-state index is 0.0573. The number of ether oxygens (including phenoxy) is 1. The van der Waals surface area contributed by atoms with Crippen LogP contribution >= 0.6 is 0 Å². The molecule has 0 aromatic heterocycles. The van der Waals surface area contributed by atoms with Gasteiger partial charge in [-0.05, 0) is 31.5 Å². The number of aliphatic hydroxyl groups is 1. The number of aliphatic hydroxyl groups excluding tert-OH is 1. The molecule has 0 saturated carbocycles. The van der Waals surface area contributed by atoms with Gasteiger partial charge in [-0.15, -0.1) is 0 Å². The lowest BCUT2D eigenvalue weighted by Crippen LogP contribution is -2.40. The van der Waals surface area contributed by atoms with Crippen molar-refractivity contribution in [2.75, 3.05) is 19.6 Å². The molecule has 0 aliphatic carbocycles. The minimum atomic E-state index is -0.831. The van der Waals surface area contributed by atoms with Crippen LogP contribution in [0.15, 0.2) is 24.3 Å². The summed E-state index contributed by atoms with van der Waals surface area (Å²) in [7, 11) is 0. The van der Waals surface area contributed by atoms with E-state index < -0.39 is 12.0 Å². The number of carbonyl (C=O) groups excluding carboxylic acids is 2. The maximum absolute atomic E-state index is 11.5. The van der Waals surface area contributed by atoms with Crippen LogP contribution in [0.4, 0.5) is 0 Å². The topological polar surface area (TPSA) is 114 Å². The highest BCUT2D eigenvalue weighted by molar-refractivity contribution is 5.85. The van der Waals surface area contributed by atoms with Crippen LogP contribution in [0.5, 0.6) is 5.75 Å². The van der Waals surface area contributed by atoms with Gasteiger partial charge < -0.3 is 26.2 Å². The van der Waals surface area contributed by atoms with Gasteiger partial charge in [0.15, 0.2) is 0 Å². The highest BCUT2D eigenvalue weighted by atomic mass is 16.5. The highest BCUT2D eigenvalue weighted by Crippen LogP contribution is 2.18. The lowest BCUT2D eigenvalue weighted by molar-refractivity contribution is -0.125. The van der Waals surface area contributed by atoms with Crippen molar-refractivity contribution >= 4 is 11.8 Å². The molecular formula is C15H23N3O4. The number of amides is 2. The van der Waals surface area contributed by atoms with Gasteiger partial charge in [0.1, 0.15) is 5.75 Å². The molecule has 0 aliphatic rings. The Morgan fingerprint density at radius 2 is 1.82 bits per heavy atom. The van der Waals surface area contributed by atoms with Crippen molar-refractivity contribution in [3.05, 3.63) is 29.8 Å². The fourth-order valence-electron chi connectivity index (χ4n) is 1.68. The Balaban J connectivity index is 2.40. The number of hydrogen-bond donors (Lipinski definition) is 4. The van der Waals surface area contributed by atoms with E-state index in [1.807, 2.05) is 13.8 Å². The lowest BCUT2D eigenvalue weighted by Gasteiger charge is -2.14. The molecule has 5 N–H and O–H groups in total. The van der Waals surface area contributed by atoms with Crippen LogP contribution in [0.2, 0.25) is 0 Å². The molecule has 1 unspecified atom stereocenters. The first-order valence-electron chi connectivity index (χ1n) is 7.10. The predicted molar refractivity (Wildman–Crippen MR) is 82.2 cm³/mol. The fraction of sp³-hybridized carbons (Fsp3) is 0.467. The molecule has 0 radical (unpaired) electrons. The zero-order valence-corrected chi connectivity index (χ0v) is 12.8. The normalized spacial score (nSPS) is 11.9. The third kappa shape index (κ3) is 6.55. The summed E-state index contributed by atoms with van der Waals surface area (Å²) in [6.07, 6.45) is -0.749. The SMILES string of the molecule is CC(C)Oc1ccc(C(O)CNC(=O)CNC(=O)CN)cc1. The third-order valence-corrected chi connectivity index (χ3v) is 2.76. The molecule has 1 atom stereocenters. The number of nitrogens with two attached hydrogens (primary N) is 1. The summed E-state index contributed by atoms with van der Waals surface area (Å²) in [5.74, 6) is -0.0727. The van der Waals surface area contributed by atoms with Crippen LogP contribution in [-0.4, -0.2) is 42.7 Å². The summed E-state index contributed by atoms with van der Waals surface area (Å²) in [5.41, 5.74) is 5.77. The molecule has 1 aromatic rings. The molecule has 1 rings (SSSR count). The lowest BCUT2D eigenvalue weighted by atomic mass is 10.1. The molecular weight excluding hydrogens is 286 g/mol. The molecule has 0 aliphatic heterocycles. The van der Waals surface area contributed by atoms with Gasteiger partial charge in [0, 0.05) is 6.54 Å². The van der Waals surface area contributed by atoms with Gasteiger partial charge in [-0.25, -0.2) is 0 Å². The largest absolute Gasteiger partial charge is 0.491 e. The van der Waals surface area contributed by atoms with Crippen LogP contribution in [0, 0.1) is 0 Å². The summed E-state index contributed by atoms with van der Waals surface area (Å²) < 4.78 is 5.51. The van der Waals surface area contributed by atoms with E-state index in [0.29, 0.717) is 5.56 Å². The zero-order valence-electron chi connectivity index (χ0n) is 12.8. The molecule has 7 heteroatoms. The minimum Gasteiger partial charge on any atom is -0.491 e. The molecule has 22 heavy (non-hydrogen) atoms. The van der Waals surface area contributed by atoms with E-state index in [-0.39, 0.29) is 31.6 Å². The van der Waals surface area contributed by atoms with Crippen LogP contribution in [0.25, 0.3) is 0 Å². The van der Waals surface area contributed by atoms with E-state index in [2.05, 4.69) is 10.6 Å². The van der Waals surface area contributed by atoms with Crippen molar-refractivity contribution in [3.8, 4) is 5.75 Å². The average molecular weight is 309 g/mol. The van der Waals surface area contributed by atoms with E-state index in [1.165, 1.54) is 0 Å². The highest BCUT2D eigenvalue weighted by Gasteiger charge is 2.10. The molecule has 0 spiro atoms. The van der Waals surface area contributed by atoms with Crippen LogP contribution in [0.3, 0.4) is 0 Å². The summed E-state index contributed by atoms with van der Waals surface area (Å²) in [4.78, 5) is 22.4. The summed E-state index contributed by atoms with van der Waals surface area (Å²) in [6.45, 7) is 3.59. The number of benzene rings is 1. The fourth-order valence-corrected chi connectivity index (χ4v) is 1.68. The summed E-state index contributed by atoms with van der Waals surface area (Å²) in [5, 5.41) is 14.9. The van der Waals surface area contributed by atoms with Gasteiger partial charge in [0.2, 0.25) is 11.8 Å². The first kappa shape index (κ1) is 17.9. The molecule has 7 nitrogen and oxygen atoms in total. The number of rotatable bonds is 8. The Bertz CT molecular complexity index is 488. The van der Waals surface area contributed by atoms with E-state index >= 15 is 0 Å². The first-order valence-corrected chi connectivity index (χ1v) is 7.10. The van der Waals surface area contributed by atoms with Crippen molar-refractivity contribution in [1.82, 2.24) is 10.6 Å². The number of carbonyl (C=O) groups is 2. The van der Waals surface area contributed by atoms with E-state index in [1.54, 1.807) is 24.3 Å². The van der Waals surface area contributed by atoms with Crippen molar-refractivity contribution in [1.29, 1.82) is 0 Å². The first-order chi connectivity index (χ1) is 10.4. The van der Waals surface area contributed by atoms with E-state index in [9.17, 15) is 14.7 Å². The smallest absolute Gasteiger partial charge is 0.239 e. The van der Waals surface area contributed by atoms with E-state index in [4.69, 9.17) is 10.5 Å². The van der Waals surface area contributed by atoms with E-state index in [0.717, 1.165) is 5.75 Å². The second kappa shape index (κ2) is 9.01. The Kier molecular flexibility index (Phi) is 7.34. The Morgan fingerprint density at radius 3 is 2.36 bits per heavy atom. The zero-order chi connectivity index (χ0) is 16.5. The summed E-state index contributed by atoms with van der Waals surface area (Å²) >= 11 is 0. The molecule has 1 aromatic carbocycles. The maximum Gasteiger partial charge on any atom is 0.239 e. The predicted octanol–water partition coefficient (Wildman–Crippen LogP) is -0.302. The molecule has 2 amide bonds. The van der Waals surface area contributed by atoms with Gasteiger partial charge in [0.05, 0.1) is 25.3 Å². The van der Waals surface area contributed by atoms with Crippen LogP contribution in [0.1, 0.15) is 25.5 Å². The second-order valence-electron chi connectivity index (χ2n) is 5.04. The van der Waals surface area contributed by atoms with Gasteiger partial charge in [-0.2, -0.15) is 0 Å². The molecule has 0 heterocycles. The number of nitrogens with one attached hydrogen (secondary N) is 2. The van der Waals surface area contributed by atoms with Crippen LogP contribution < -0.4 is 21.1 Å². The summed E-state index contributed by atoms with van der Waals surface area (Å²) in [6, 6.07) is 7.01. The van der Waals surface area contributed by atoms with Gasteiger partial charge in [-0.3, -0.25) is 9.59 Å². The van der Waals surface area contributed by atoms with Crippen molar-refractivity contribution in [3.63, 3.8) is 0 Å².